The van der Waals surface area contributed by atoms with E-state index in [0.29, 0.717) is 22.8 Å². The minimum absolute atomic E-state index is 0.0678. The lowest BCUT2D eigenvalue weighted by Crippen LogP contribution is -2.99. The van der Waals surface area contributed by atoms with E-state index >= 15 is 0 Å². The molecule has 0 bridgehead atoms. The van der Waals surface area contributed by atoms with Crippen molar-refractivity contribution in [1.82, 2.24) is 18.7 Å². The molecular weight excluding hydrogens is 498 g/mol. The third-order valence-corrected chi connectivity index (χ3v) is 7.36. The molecular formula is C29H29N5O5. The number of nitrogens with zero attached hydrogens (tertiary/aromatic N) is 4. The number of benzene rings is 3. The quantitative estimate of drug-likeness (QED) is 0.232. The van der Waals surface area contributed by atoms with Gasteiger partial charge in [0.1, 0.15) is 5.75 Å². The van der Waals surface area contributed by atoms with Crippen LogP contribution >= 0.6 is 0 Å². The topological polar surface area (TPSA) is 122 Å². The SMILES string of the molecule is Cc1c(C(c2cc([NH+]([O-])O)ccc2O)c2c(C)n(C)n(-c3ccccc3)c2=O)c(=O)n(-c2ccccc2)n1C. The molecule has 3 N–H and O–H groups in total. The standard InChI is InChI=1S/C29H29N5O5/c1-18-25(28(36)32(30(18)3)20-11-7-5-8-12-20)27(23-17-22(34(38)39)15-16-24(23)35)26-19(2)31(4)33(29(26)37)21-13-9-6-10-14-21/h5-17,27,34-35,38H,1-4H3. The average Bonchev–Trinajstić information content (AvgIpc) is 3.28. The molecule has 0 radical (unpaired) electrons. The smallest absolute Gasteiger partial charge is 0.275 e. The summed E-state index contributed by atoms with van der Waals surface area (Å²) in [5, 5.41) is 31.5. The van der Waals surface area contributed by atoms with Gasteiger partial charge in [0.05, 0.1) is 28.4 Å². The van der Waals surface area contributed by atoms with Crippen LogP contribution in [0.2, 0.25) is 0 Å². The Labute approximate surface area is 223 Å². The number of phenolic OH excluding ortho intramolecular Hbond substituents is 1. The summed E-state index contributed by atoms with van der Waals surface area (Å²) in [4.78, 5) is 28.3. The van der Waals surface area contributed by atoms with Gasteiger partial charge in [-0.3, -0.25) is 19.0 Å². The molecule has 0 fully saturated rings. The predicted molar refractivity (Wildman–Crippen MR) is 146 cm³/mol. The molecule has 10 heteroatoms. The fourth-order valence-electron chi connectivity index (χ4n) is 5.22. The van der Waals surface area contributed by atoms with Crippen LogP contribution in [0.1, 0.15) is 34.0 Å². The molecule has 0 saturated carbocycles. The molecule has 5 aromatic rings. The molecule has 0 amide bonds. The first-order valence-corrected chi connectivity index (χ1v) is 12.4. The van der Waals surface area contributed by atoms with Gasteiger partial charge in [0.25, 0.3) is 11.1 Å². The number of quaternary nitrogens is 1. The van der Waals surface area contributed by atoms with Crippen molar-refractivity contribution in [3.63, 3.8) is 0 Å². The molecule has 2 heterocycles. The van der Waals surface area contributed by atoms with E-state index in [1.54, 1.807) is 61.6 Å². The van der Waals surface area contributed by atoms with Gasteiger partial charge < -0.3 is 10.3 Å². The average molecular weight is 528 g/mol. The van der Waals surface area contributed by atoms with Crippen molar-refractivity contribution < 1.29 is 15.5 Å². The van der Waals surface area contributed by atoms with E-state index in [2.05, 4.69) is 0 Å². The van der Waals surface area contributed by atoms with Gasteiger partial charge in [0.2, 0.25) is 0 Å². The first kappa shape index (κ1) is 26.0. The summed E-state index contributed by atoms with van der Waals surface area (Å²) in [5.41, 5.74) is 2.29. The maximum Gasteiger partial charge on any atom is 0.275 e. The molecule has 0 spiro atoms. The van der Waals surface area contributed by atoms with Crippen molar-refractivity contribution in [3.8, 4) is 17.1 Å². The maximum atomic E-state index is 14.1. The lowest BCUT2D eigenvalue weighted by molar-refractivity contribution is -0.991. The monoisotopic (exact) mass is 527 g/mol. The first-order chi connectivity index (χ1) is 18.6. The molecule has 39 heavy (non-hydrogen) atoms. The highest BCUT2D eigenvalue weighted by molar-refractivity contribution is 5.55. The fourth-order valence-corrected chi connectivity index (χ4v) is 5.22. The molecule has 3 aromatic carbocycles. The van der Waals surface area contributed by atoms with E-state index in [-0.39, 0.29) is 39.2 Å². The largest absolute Gasteiger partial charge is 0.595 e. The Morgan fingerprint density at radius 2 is 1.18 bits per heavy atom. The number of aromatic nitrogens is 4. The van der Waals surface area contributed by atoms with E-state index in [0.717, 1.165) is 0 Å². The second-order valence-corrected chi connectivity index (χ2v) is 9.46. The van der Waals surface area contributed by atoms with Gasteiger partial charge in [-0.15, -0.1) is 0 Å². The van der Waals surface area contributed by atoms with Gasteiger partial charge in [-0.25, -0.2) is 14.6 Å². The normalized spacial score (nSPS) is 12.3. The van der Waals surface area contributed by atoms with E-state index in [1.165, 1.54) is 27.6 Å². The van der Waals surface area contributed by atoms with Crippen LogP contribution in [0.15, 0.2) is 88.5 Å². The van der Waals surface area contributed by atoms with Gasteiger partial charge in [0, 0.05) is 43.2 Å². The number of phenols is 1. The van der Waals surface area contributed by atoms with Crippen LogP contribution in [0.3, 0.4) is 0 Å². The zero-order chi connectivity index (χ0) is 28.0. The van der Waals surface area contributed by atoms with Crippen LogP contribution in [0, 0.1) is 19.1 Å². The van der Waals surface area contributed by atoms with Gasteiger partial charge >= 0.3 is 0 Å². The number of rotatable bonds is 6. The van der Waals surface area contributed by atoms with Crippen molar-refractivity contribution in [2.75, 3.05) is 0 Å². The third-order valence-electron chi connectivity index (χ3n) is 7.36. The molecule has 0 aliphatic carbocycles. The summed E-state index contributed by atoms with van der Waals surface area (Å²) in [6, 6.07) is 22.1. The minimum atomic E-state index is -1.19. The van der Waals surface area contributed by atoms with Gasteiger partial charge in [-0.05, 0) is 44.2 Å². The van der Waals surface area contributed by atoms with Crippen molar-refractivity contribution in [1.29, 1.82) is 0 Å². The van der Waals surface area contributed by atoms with Gasteiger partial charge in [0.15, 0.2) is 5.69 Å². The Hall–Kier alpha value is -4.64. The van der Waals surface area contributed by atoms with Crippen molar-refractivity contribution in [2.24, 2.45) is 14.1 Å². The predicted octanol–water partition coefficient (Wildman–Crippen LogP) is 2.57. The highest BCUT2D eigenvalue weighted by Crippen LogP contribution is 2.38. The van der Waals surface area contributed by atoms with Crippen molar-refractivity contribution in [3.05, 3.63) is 133 Å². The fraction of sp³-hybridized carbons (Fsp3) is 0.172. The van der Waals surface area contributed by atoms with E-state index in [1.807, 2.05) is 36.4 Å². The second kappa shape index (κ2) is 9.91. The Balaban J connectivity index is 1.89. The lowest BCUT2D eigenvalue weighted by atomic mass is 9.84. The number of hydrogen-bond donors (Lipinski definition) is 3. The van der Waals surface area contributed by atoms with Crippen LogP contribution in [-0.4, -0.2) is 29.0 Å². The number of para-hydroxylation sites is 2. The third kappa shape index (κ3) is 4.20. The highest BCUT2D eigenvalue weighted by Gasteiger charge is 2.34. The molecule has 2 aromatic heterocycles. The van der Waals surface area contributed by atoms with Crippen LogP contribution < -0.4 is 16.3 Å². The van der Waals surface area contributed by atoms with Crippen molar-refractivity contribution >= 4 is 5.69 Å². The van der Waals surface area contributed by atoms with Crippen LogP contribution in [-0.2, 0) is 14.1 Å². The summed E-state index contributed by atoms with van der Waals surface area (Å²) < 4.78 is 6.41. The summed E-state index contributed by atoms with van der Waals surface area (Å²) in [5.74, 6) is -1.26. The first-order valence-electron chi connectivity index (χ1n) is 12.4. The Morgan fingerprint density at radius 3 is 1.59 bits per heavy atom. The van der Waals surface area contributed by atoms with Crippen LogP contribution in [0.25, 0.3) is 11.4 Å². The highest BCUT2D eigenvalue weighted by atomic mass is 16.8. The van der Waals surface area contributed by atoms with E-state index in [4.69, 9.17) is 0 Å². The molecule has 0 saturated heterocycles. The molecule has 0 aliphatic heterocycles. The van der Waals surface area contributed by atoms with Crippen LogP contribution in [0.4, 0.5) is 5.69 Å². The molecule has 10 nitrogen and oxygen atoms in total. The van der Waals surface area contributed by atoms with Gasteiger partial charge in [-0.2, -0.15) is 5.23 Å². The number of aromatic hydroxyl groups is 1. The Kier molecular flexibility index (Phi) is 6.61. The molecule has 1 atom stereocenters. The molecule has 1 unspecified atom stereocenters. The Morgan fingerprint density at radius 1 is 0.744 bits per heavy atom. The summed E-state index contributed by atoms with van der Waals surface area (Å²) >= 11 is 0. The number of nitrogens with one attached hydrogen (secondary N) is 1. The zero-order valence-corrected chi connectivity index (χ0v) is 22.0. The van der Waals surface area contributed by atoms with Crippen molar-refractivity contribution in [2.45, 2.75) is 19.8 Å². The summed E-state index contributed by atoms with van der Waals surface area (Å²) in [6.45, 7) is 3.55. The molecule has 200 valence electrons. The molecule has 0 aliphatic rings. The summed E-state index contributed by atoms with van der Waals surface area (Å²) in [6.07, 6.45) is 0. The maximum absolute atomic E-state index is 14.1. The van der Waals surface area contributed by atoms with E-state index in [9.17, 15) is 25.1 Å². The van der Waals surface area contributed by atoms with Crippen LogP contribution in [0.5, 0.6) is 5.75 Å². The lowest BCUT2D eigenvalue weighted by Gasteiger charge is -2.20. The second-order valence-electron chi connectivity index (χ2n) is 9.46. The molecule has 5 rings (SSSR count). The minimum Gasteiger partial charge on any atom is -0.595 e. The Bertz CT molecular complexity index is 1680. The number of hydrogen-bond acceptors (Lipinski definition) is 5. The summed E-state index contributed by atoms with van der Waals surface area (Å²) in [7, 11) is 3.50. The van der Waals surface area contributed by atoms with E-state index < -0.39 is 11.1 Å². The van der Waals surface area contributed by atoms with Gasteiger partial charge in [-0.1, -0.05) is 36.4 Å². The zero-order valence-electron chi connectivity index (χ0n) is 22.0.